The summed E-state index contributed by atoms with van der Waals surface area (Å²) in [5.74, 6) is -0.546. The van der Waals surface area contributed by atoms with Crippen LogP contribution in [0.2, 0.25) is 10.0 Å². The van der Waals surface area contributed by atoms with Gasteiger partial charge in [0.2, 0.25) is 0 Å². The summed E-state index contributed by atoms with van der Waals surface area (Å²) in [5, 5.41) is 12.0. The van der Waals surface area contributed by atoms with Gasteiger partial charge in [-0.3, -0.25) is 9.69 Å². The third kappa shape index (κ3) is 8.75. The second kappa shape index (κ2) is 14.5. The summed E-state index contributed by atoms with van der Waals surface area (Å²) < 4.78 is 69.1. The van der Waals surface area contributed by atoms with Crippen LogP contribution in [0.4, 0.5) is 8.78 Å². The number of carbonyl (C=O) groups excluding carboxylic acids is 1. The molecule has 0 bridgehead atoms. The van der Waals surface area contributed by atoms with Gasteiger partial charge in [-0.15, -0.1) is 0 Å². The molecule has 9 nitrogen and oxygen atoms in total. The van der Waals surface area contributed by atoms with Gasteiger partial charge in [0.15, 0.2) is 33.7 Å². The van der Waals surface area contributed by atoms with E-state index in [4.69, 9.17) is 32.7 Å². The molecule has 5 rings (SSSR count). The molecule has 242 valence electrons. The number of alkyl halides is 2. The molecule has 1 aliphatic carbocycles. The van der Waals surface area contributed by atoms with E-state index in [1.165, 1.54) is 30.3 Å². The van der Waals surface area contributed by atoms with Crippen LogP contribution in [0.15, 0.2) is 65.8 Å². The fraction of sp³-hybridized carbons (Fsp3) is 0.419. The maximum atomic E-state index is 13.7. The van der Waals surface area contributed by atoms with E-state index in [-0.39, 0.29) is 45.2 Å². The van der Waals surface area contributed by atoms with Crippen molar-refractivity contribution in [3.63, 3.8) is 0 Å². The number of aromatic nitrogens is 1. The van der Waals surface area contributed by atoms with Crippen molar-refractivity contribution in [1.82, 2.24) is 4.90 Å². The zero-order valence-corrected chi connectivity index (χ0v) is 26.4. The molecule has 2 aromatic carbocycles. The minimum absolute atomic E-state index is 0.0452. The Hall–Kier alpha value is -3.19. The molecule has 1 aliphatic heterocycles. The molecule has 2 fully saturated rings. The lowest BCUT2D eigenvalue weighted by molar-refractivity contribution is -0.605. The summed E-state index contributed by atoms with van der Waals surface area (Å²) in [7, 11) is -3.57. The molecule has 45 heavy (non-hydrogen) atoms. The van der Waals surface area contributed by atoms with Gasteiger partial charge in [0.05, 0.1) is 17.3 Å². The highest BCUT2D eigenvalue weighted by molar-refractivity contribution is 7.91. The van der Waals surface area contributed by atoms with E-state index >= 15 is 0 Å². The quantitative estimate of drug-likeness (QED) is 0.119. The molecule has 2 atom stereocenters. The molecule has 0 spiro atoms. The lowest BCUT2D eigenvalue weighted by atomic mass is 10.0. The van der Waals surface area contributed by atoms with Crippen LogP contribution in [-0.4, -0.2) is 57.4 Å². The normalized spacial score (nSPS) is 17.8. The van der Waals surface area contributed by atoms with Crippen molar-refractivity contribution in [3.05, 3.63) is 87.3 Å². The summed E-state index contributed by atoms with van der Waals surface area (Å²) >= 11 is 12.7. The first-order valence-corrected chi connectivity index (χ1v) is 16.9. The third-order valence-corrected chi connectivity index (χ3v) is 10.2. The Morgan fingerprint density at radius 1 is 1.04 bits per heavy atom. The summed E-state index contributed by atoms with van der Waals surface area (Å²) in [6.07, 6.45) is 4.24. The molecule has 1 saturated heterocycles. The number of hydrogen-bond donors (Lipinski definition) is 0. The zero-order chi connectivity index (χ0) is 32.1. The fourth-order valence-corrected chi connectivity index (χ4v) is 7.11. The maximum absolute atomic E-state index is 13.7. The van der Waals surface area contributed by atoms with Crippen LogP contribution in [0.25, 0.3) is 0 Å². The van der Waals surface area contributed by atoms with Crippen LogP contribution in [0.5, 0.6) is 11.5 Å². The van der Waals surface area contributed by atoms with Gasteiger partial charge in [0, 0.05) is 18.5 Å². The second-order valence-corrected chi connectivity index (χ2v) is 14.0. The summed E-state index contributed by atoms with van der Waals surface area (Å²) in [6.45, 7) is -2.13. The minimum atomic E-state index is -3.57. The van der Waals surface area contributed by atoms with Crippen LogP contribution in [0.3, 0.4) is 0 Å². The molecular weight excluding hydrogens is 653 g/mol. The van der Waals surface area contributed by atoms with Crippen molar-refractivity contribution < 1.29 is 40.9 Å². The van der Waals surface area contributed by atoms with Gasteiger partial charge in [-0.05, 0) is 68.0 Å². The average molecular weight is 686 g/mol. The van der Waals surface area contributed by atoms with E-state index in [2.05, 4.69) is 4.74 Å². The molecule has 0 amide bonds. The molecule has 2 aliphatic rings. The number of sulfone groups is 1. The largest absolute Gasteiger partial charge is 0.619 e. The van der Waals surface area contributed by atoms with Crippen molar-refractivity contribution in [2.75, 3.05) is 25.4 Å². The van der Waals surface area contributed by atoms with Crippen LogP contribution >= 0.6 is 23.2 Å². The van der Waals surface area contributed by atoms with Gasteiger partial charge in [0.25, 0.3) is 0 Å². The van der Waals surface area contributed by atoms with E-state index in [0.717, 1.165) is 25.2 Å². The molecule has 0 N–H and O–H groups in total. The van der Waals surface area contributed by atoms with Gasteiger partial charge in [-0.1, -0.05) is 47.5 Å². The Bertz CT molecular complexity index is 1590. The topological polar surface area (TPSA) is 109 Å². The molecule has 14 heteroatoms. The van der Waals surface area contributed by atoms with Gasteiger partial charge in [0.1, 0.15) is 22.2 Å². The number of benzene rings is 2. The van der Waals surface area contributed by atoms with E-state index in [9.17, 15) is 27.2 Å². The van der Waals surface area contributed by atoms with Crippen molar-refractivity contribution in [2.24, 2.45) is 5.92 Å². The first-order valence-electron chi connectivity index (χ1n) is 14.5. The number of halogens is 4. The number of esters is 1. The highest BCUT2D eigenvalue weighted by Gasteiger charge is 2.35. The monoisotopic (exact) mass is 684 g/mol. The van der Waals surface area contributed by atoms with Gasteiger partial charge in [-0.25, -0.2) is 8.42 Å². The first-order chi connectivity index (χ1) is 21.5. The highest BCUT2D eigenvalue weighted by atomic mass is 35.5. The predicted molar refractivity (Wildman–Crippen MR) is 162 cm³/mol. The summed E-state index contributed by atoms with van der Waals surface area (Å²) in [4.78, 5) is 15.7. The first kappa shape index (κ1) is 33.2. The molecular formula is C31H32Cl2F2N2O7S. The lowest BCUT2D eigenvalue weighted by Gasteiger charge is -2.26. The van der Waals surface area contributed by atoms with Crippen molar-refractivity contribution in [2.45, 2.75) is 55.8 Å². The van der Waals surface area contributed by atoms with E-state index in [1.54, 1.807) is 23.1 Å². The second-order valence-electron chi connectivity index (χ2n) is 11.1. The highest BCUT2D eigenvalue weighted by Crippen LogP contribution is 2.38. The standard InChI is InChI=1S/C31H32Cl2F2N2O7S/c32-24-17-37(39)18-25(33)23(24)16-28(21-10-11-27(44-31(34)35)29(15-21)42-19-20-8-9-20)43-30(38)26-7-4-12-36(26)13-14-45(40,41)22-5-2-1-3-6-22/h1-3,5-6,10-11,15,17-18,20,26,28,31H,4,7-9,12-14,16,19H2. The molecule has 3 aromatic rings. The van der Waals surface area contributed by atoms with Crippen LogP contribution in [-0.2, 0) is 25.8 Å². The maximum Gasteiger partial charge on any atom is 0.387 e. The van der Waals surface area contributed by atoms with Gasteiger partial charge in [-0.2, -0.15) is 13.5 Å². The average Bonchev–Trinajstić information content (AvgIpc) is 3.71. The van der Waals surface area contributed by atoms with Crippen LogP contribution in [0, 0.1) is 11.1 Å². The summed E-state index contributed by atoms with van der Waals surface area (Å²) in [5.41, 5.74) is 0.742. The Morgan fingerprint density at radius 2 is 1.76 bits per heavy atom. The number of nitrogens with zero attached hydrogens (tertiary/aromatic N) is 2. The minimum Gasteiger partial charge on any atom is -0.619 e. The van der Waals surface area contributed by atoms with Crippen molar-refractivity contribution in [3.8, 4) is 11.5 Å². The van der Waals surface area contributed by atoms with Crippen molar-refractivity contribution in [1.29, 1.82) is 0 Å². The predicted octanol–water partition coefficient (Wildman–Crippen LogP) is 5.78. The SMILES string of the molecule is O=C(OC(Cc1c(Cl)c[n+]([O-])cc1Cl)c1ccc(OC(F)F)c(OCC2CC2)c1)C1CCCN1CCS(=O)(=O)c1ccccc1. The Morgan fingerprint density at radius 3 is 2.42 bits per heavy atom. The van der Waals surface area contributed by atoms with Crippen LogP contribution in [0.1, 0.15) is 42.9 Å². The van der Waals surface area contributed by atoms with Gasteiger partial charge >= 0.3 is 12.6 Å². The molecule has 1 saturated carbocycles. The summed E-state index contributed by atoms with van der Waals surface area (Å²) in [6, 6.07) is 11.7. The number of pyridine rings is 1. The third-order valence-electron chi connectivity index (χ3n) is 7.82. The number of ether oxygens (including phenoxy) is 3. The number of rotatable bonds is 14. The Labute approximate surface area is 270 Å². The molecule has 2 heterocycles. The lowest BCUT2D eigenvalue weighted by Crippen LogP contribution is -2.40. The Balaban J connectivity index is 1.39. The van der Waals surface area contributed by atoms with Gasteiger partial charge < -0.3 is 19.4 Å². The van der Waals surface area contributed by atoms with E-state index in [1.807, 2.05) is 0 Å². The zero-order valence-electron chi connectivity index (χ0n) is 24.1. The fourth-order valence-electron chi connectivity index (χ4n) is 5.22. The Kier molecular flexibility index (Phi) is 10.7. The molecule has 1 aromatic heterocycles. The van der Waals surface area contributed by atoms with E-state index in [0.29, 0.717) is 47.8 Å². The number of hydrogen-bond acceptors (Lipinski definition) is 8. The number of carbonyl (C=O) groups is 1. The van der Waals surface area contributed by atoms with Crippen LogP contribution < -0.4 is 14.2 Å². The number of likely N-dealkylation sites (tertiary alicyclic amines) is 1. The molecule has 0 radical (unpaired) electrons. The smallest absolute Gasteiger partial charge is 0.387 e. The van der Waals surface area contributed by atoms with Crippen molar-refractivity contribution >= 4 is 39.0 Å². The van der Waals surface area contributed by atoms with E-state index < -0.39 is 34.6 Å². The molecule has 2 unspecified atom stereocenters.